The number of amides is 3. The molecule has 3 heterocycles. The van der Waals surface area contributed by atoms with Gasteiger partial charge < -0.3 is 20.3 Å². The maximum absolute atomic E-state index is 13.7. The second kappa shape index (κ2) is 9.17. The first-order chi connectivity index (χ1) is 16.4. The molecule has 1 saturated carbocycles. The molecule has 4 aliphatic rings. The van der Waals surface area contributed by atoms with Crippen molar-refractivity contribution in [3.63, 3.8) is 0 Å². The largest absolute Gasteiger partial charge is 0.359 e. The Bertz CT molecular complexity index is 984. The number of hydrogen-bond acceptors (Lipinski definition) is 4. The van der Waals surface area contributed by atoms with E-state index in [4.69, 9.17) is 4.74 Å². The van der Waals surface area contributed by atoms with Crippen LogP contribution in [0.4, 0.5) is 5.69 Å². The van der Waals surface area contributed by atoms with Gasteiger partial charge in [-0.15, -0.1) is 0 Å². The minimum absolute atomic E-state index is 0.142. The van der Waals surface area contributed by atoms with Gasteiger partial charge in [-0.25, -0.2) is 0 Å². The van der Waals surface area contributed by atoms with Crippen LogP contribution < -0.4 is 10.6 Å². The average molecular weight is 466 g/mol. The Morgan fingerprint density at radius 1 is 1.12 bits per heavy atom. The summed E-state index contributed by atoms with van der Waals surface area (Å²) in [4.78, 5) is 42.5. The van der Waals surface area contributed by atoms with Crippen molar-refractivity contribution in [3.8, 4) is 0 Å². The number of ether oxygens (including phenoxy) is 1. The highest BCUT2D eigenvalue weighted by atomic mass is 16.5. The standard InChI is InChI=1S/C27H35N3O4/c1-3-4-16-30-23(25(32)29-18-8-6-5-7-9-18)27-15-14-20(34-27)21(22(27)26(30)33)24(31)28-19-12-10-17(2)11-13-19/h10-15,18,20-23H,3-9,16H2,1-2H3,(H,28,31)(H,29,32)/t20-,21+,22-,23+,27+/m1/s1. The molecule has 1 aromatic rings. The Morgan fingerprint density at radius 3 is 2.56 bits per heavy atom. The molecule has 5 rings (SSSR count). The quantitative estimate of drug-likeness (QED) is 0.605. The van der Waals surface area contributed by atoms with Gasteiger partial charge in [-0.05, 0) is 38.3 Å². The molecule has 3 amide bonds. The second-order valence-corrected chi connectivity index (χ2v) is 10.3. The molecule has 1 aliphatic carbocycles. The number of nitrogens with zero attached hydrogens (tertiary/aromatic N) is 1. The lowest BCUT2D eigenvalue weighted by Gasteiger charge is -2.34. The maximum atomic E-state index is 13.7. The maximum Gasteiger partial charge on any atom is 0.246 e. The van der Waals surface area contributed by atoms with Gasteiger partial charge >= 0.3 is 0 Å². The summed E-state index contributed by atoms with van der Waals surface area (Å²) in [6.07, 6.45) is 10.3. The molecule has 0 unspecified atom stereocenters. The first kappa shape index (κ1) is 23.1. The molecule has 1 aromatic carbocycles. The third-order valence-electron chi connectivity index (χ3n) is 7.95. The summed E-state index contributed by atoms with van der Waals surface area (Å²) < 4.78 is 6.38. The molecule has 34 heavy (non-hydrogen) atoms. The number of benzene rings is 1. The van der Waals surface area contributed by atoms with Crippen LogP contribution >= 0.6 is 0 Å². The molecule has 2 N–H and O–H groups in total. The summed E-state index contributed by atoms with van der Waals surface area (Å²) in [5.74, 6) is -1.87. The van der Waals surface area contributed by atoms with Gasteiger partial charge in [0.05, 0.1) is 17.9 Å². The highest BCUT2D eigenvalue weighted by Gasteiger charge is 2.72. The minimum Gasteiger partial charge on any atom is -0.359 e. The lowest BCUT2D eigenvalue weighted by Crippen LogP contribution is -2.56. The topological polar surface area (TPSA) is 87.7 Å². The van der Waals surface area contributed by atoms with Crippen LogP contribution in [0.15, 0.2) is 36.4 Å². The summed E-state index contributed by atoms with van der Waals surface area (Å²) >= 11 is 0. The van der Waals surface area contributed by atoms with Crippen LogP contribution in [-0.2, 0) is 19.1 Å². The van der Waals surface area contributed by atoms with Gasteiger partial charge in [0, 0.05) is 18.3 Å². The summed E-state index contributed by atoms with van der Waals surface area (Å²) in [6, 6.07) is 6.99. The number of unbranched alkanes of at least 4 members (excludes halogenated alkanes) is 1. The molecular formula is C27H35N3O4. The zero-order chi connectivity index (χ0) is 23.9. The van der Waals surface area contributed by atoms with Crippen LogP contribution in [0.25, 0.3) is 0 Å². The van der Waals surface area contributed by atoms with Crippen LogP contribution in [0.1, 0.15) is 57.4 Å². The number of carbonyl (C=O) groups is 3. The fourth-order valence-electron chi connectivity index (χ4n) is 6.23. The molecular weight excluding hydrogens is 430 g/mol. The molecule has 7 heteroatoms. The number of anilines is 1. The smallest absolute Gasteiger partial charge is 0.246 e. The molecule has 182 valence electrons. The molecule has 7 nitrogen and oxygen atoms in total. The van der Waals surface area contributed by atoms with E-state index in [0.717, 1.165) is 44.1 Å². The van der Waals surface area contributed by atoms with Crippen molar-refractivity contribution in [2.45, 2.75) is 82.6 Å². The predicted octanol–water partition coefficient (Wildman–Crippen LogP) is 3.33. The second-order valence-electron chi connectivity index (χ2n) is 10.3. The third kappa shape index (κ3) is 3.84. The van der Waals surface area contributed by atoms with Crippen molar-refractivity contribution in [2.24, 2.45) is 11.8 Å². The van der Waals surface area contributed by atoms with Gasteiger partial charge in [0.1, 0.15) is 11.6 Å². The van der Waals surface area contributed by atoms with Gasteiger partial charge in [0.25, 0.3) is 0 Å². The van der Waals surface area contributed by atoms with Crippen LogP contribution in [-0.4, -0.2) is 53.0 Å². The Hall–Kier alpha value is -2.67. The van der Waals surface area contributed by atoms with Gasteiger partial charge in [0.2, 0.25) is 17.7 Å². The average Bonchev–Trinajstić information content (AvgIpc) is 3.47. The normalized spacial score (nSPS) is 32.2. The molecule has 2 bridgehead atoms. The number of fused-ring (bicyclic) bond motifs is 1. The number of rotatable bonds is 7. The number of aryl methyl sites for hydroxylation is 1. The van der Waals surface area contributed by atoms with E-state index in [2.05, 4.69) is 17.6 Å². The van der Waals surface area contributed by atoms with Gasteiger partial charge in [-0.1, -0.05) is 62.5 Å². The van der Waals surface area contributed by atoms with E-state index in [1.807, 2.05) is 43.3 Å². The van der Waals surface area contributed by atoms with E-state index in [1.54, 1.807) is 4.90 Å². The first-order valence-corrected chi connectivity index (χ1v) is 12.8. The highest BCUT2D eigenvalue weighted by Crippen LogP contribution is 2.55. The van der Waals surface area contributed by atoms with E-state index in [1.165, 1.54) is 6.42 Å². The van der Waals surface area contributed by atoms with Gasteiger partial charge in [-0.2, -0.15) is 0 Å². The summed E-state index contributed by atoms with van der Waals surface area (Å²) in [5, 5.41) is 6.19. The zero-order valence-corrected chi connectivity index (χ0v) is 20.1. The van der Waals surface area contributed by atoms with Crippen molar-refractivity contribution in [2.75, 3.05) is 11.9 Å². The van der Waals surface area contributed by atoms with Gasteiger partial charge in [0.15, 0.2) is 0 Å². The van der Waals surface area contributed by atoms with E-state index < -0.39 is 29.6 Å². The van der Waals surface area contributed by atoms with E-state index >= 15 is 0 Å². The summed E-state index contributed by atoms with van der Waals surface area (Å²) in [6.45, 7) is 4.55. The minimum atomic E-state index is -1.08. The SMILES string of the molecule is CCCCN1C(=O)[C@H]2[C@@H](C(=O)Nc3ccc(C)cc3)[C@H]3C=C[C@@]2(O3)[C@@H]1C(=O)NC1CCCCC1. The summed E-state index contributed by atoms with van der Waals surface area (Å²) in [5.41, 5.74) is 0.715. The van der Waals surface area contributed by atoms with Crippen molar-refractivity contribution in [1.82, 2.24) is 10.2 Å². The Balaban J connectivity index is 1.42. The molecule has 0 aromatic heterocycles. The Labute approximate surface area is 201 Å². The van der Waals surface area contributed by atoms with Crippen LogP contribution in [0.2, 0.25) is 0 Å². The predicted molar refractivity (Wildman–Crippen MR) is 129 cm³/mol. The Kier molecular flexibility index (Phi) is 6.23. The van der Waals surface area contributed by atoms with Crippen LogP contribution in [0.3, 0.4) is 0 Å². The lowest BCUT2D eigenvalue weighted by atomic mass is 9.74. The Morgan fingerprint density at radius 2 is 1.85 bits per heavy atom. The van der Waals surface area contributed by atoms with E-state index in [0.29, 0.717) is 12.2 Å². The summed E-state index contributed by atoms with van der Waals surface area (Å²) in [7, 11) is 0. The number of nitrogens with one attached hydrogen (secondary N) is 2. The fraction of sp³-hybridized carbons (Fsp3) is 0.593. The molecule has 2 saturated heterocycles. The molecule has 3 fully saturated rings. The van der Waals surface area contributed by atoms with Crippen molar-refractivity contribution in [3.05, 3.63) is 42.0 Å². The fourth-order valence-corrected chi connectivity index (χ4v) is 6.23. The number of hydrogen-bond donors (Lipinski definition) is 2. The molecule has 5 atom stereocenters. The number of carbonyl (C=O) groups excluding carboxylic acids is 3. The van der Waals surface area contributed by atoms with Crippen LogP contribution in [0.5, 0.6) is 0 Å². The van der Waals surface area contributed by atoms with Crippen molar-refractivity contribution >= 4 is 23.4 Å². The van der Waals surface area contributed by atoms with Crippen molar-refractivity contribution in [1.29, 1.82) is 0 Å². The molecule has 1 spiro atoms. The van der Waals surface area contributed by atoms with Crippen LogP contribution in [0, 0.1) is 18.8 Å². The van der Waals surface area contributed by atoms with Gasteiger partial charge in [-0.3, -0.25) is 14.4 Å². The van der Waals surface area contributed by atoms with Crippen molar-refractivity contribution < 1.29 is 19.1 Å². The molecule has 0 radical (unpaired) electrons. The third-order valence-corrected chi connectivity index (χ3v) is 7.95. The molecule has 3 aliphatic heterocycles. The van der Waals surface area contributed by atoms with E-state index in [9.17, 15) is 14.4 Å². The van der Waals surface area contributed by atoms with E-state index in [-0.39, 0.29) is 23.8 Å². The number of likely N-dealkylation sites (tertiary alicyclic amines) is 1. The zero-order valence-electron chi connectivity index (χ0n) is 20.1. The lowest BCUT2D eigenvalue weighted by molar-refractivity contribution is -0.141. The monoisotopic (exact) mass is 465 g/mol. The highest BCUT2D eigenvalue weighted by molar-refractivity contribution is 6.02. The first-order valence-electron chi connectivity index (χ1n) is 12.8.